The monoisotopic (exact) mass is 236 g/mol. The lowest BCUT2D eigenvalue weighted by atomic mass is 10.2. The van der Waals surface area contributed by atoms with E-state index in [1.165, 1.54) is 20.0 Å². The summed E-state index contributed by atoms with van der Waals surface area (Å²) in [7, 11) is 3.41. The van der Waals surface area contributed by atoms with Crippen LogP contribution in [0, 0.1) is 0 Å². The molecule has 0 spiro atoms. The molecule has 0 bridgehead atoms. The van der Waals surface area contributed by atoms with Crippen LogP contribution in [0.25, 0.3) is 0 Å². The average Bonchev–Trinajstić information content (AvgIpc) is 2.62. The maximum Gasteiger partial charge on any atom is 0.306 e. The molecule has 0 aliphatic carbocycles. The molecule has 0 radical (unpaired) electrons. The summed E-state index contributed by atoms with van der Waals surface area (Å²) < 4.78 is 4.62. The van der Waals surface area contributed by atoms with Crippen LogP contribution in [0.3, 0.4) is 0 Å². The quantitative estimate of drug-likeness (QED) is 0.712. The van der Waals surface area contributed by atoms with E-state index in [9.17, 15) is 4.79 Å². The summed E-state index contributed by atoms with van der Waals surface area (Å²) in [5, 5.41) is 3.18. The molecule has 1 aliphatic heterocycles. The highest BCUT2D eigenvalue weighted by Gasteiger charge is 2.23. The van der Waals surface area contributed by atoms with Gasteiger partial charge >= 0.3 is 5.97 Å². The molecule has 1 saturated heterocycles. The molecule has 5 heteroatoms. The summed E-state index contributed by atoms with van der Waals surface area (Å²) in [5.74, 6) is -0.111. The predicted octanol–water partition coefficient (Wildman–Crippen LogP) is 0.655. The van der Waals surface area contributed by atoms with Crippen molar-refractivity contribution in [2.24, 2.45) is 0 Å². The number of hydrogen-bond acceptors (Lipinski definition) is 4. The first-order valence-electron chi connectivity index (χ1n) is 5.23. The fourth-order valence-corrected chi connectivity index (χ4v) is 1.99. The lowest BCUT2D eigenvalue weighted by Gasteiger charge is -2.23. The normalized spacial score (nSPS) is 21.1. The van der Waals surface area contributed by atoms with Crippen LogP contribution in [0.4, 0.5) is 0 Å². The standard InChI is InChI=1S/C10H20N2O2.ClH/c1-11-8-9-4-3-6-12(9)7-5-10(13)14-2;/h9,11H,3-8H2,1-2H3;1H. The third-order valence-corrected chi connectivity index (χ3v) is 2.77. The second kappa shape index (κ2) is 7.91. The Morgan fingerprint density at radius 3 is 2.93 bits per heavy atom. The van der Waals surface area contributed by atoms with Crippen molar-refractivity contribution >= 4 is 18.4 Å². The average molecular weight is 237 g/mol. The van der Waals surface area contributed by atoms with Crippen molar-refractivity contribution in [3.05, 3.63) is 0 Å². The first kappa shape index (κ1) is 14.7. The van der Waals surface area contributed by atoms with E-state index in [4.69, 9.17) is 0 Å². The Hall–Kier alpha value is -0.320. The van der Waals surface area contributed by atoms with Crippen molar-refractivity contribution < 1.29 is 9.53 Å². The van der Waals surface area contributed by atoms with Gasteiger partial charge in [0, 0.05) is 19.1 Å². The first-order valence-corrected chi connectivity index (χ1v) is 5.23. The van der Waals surface area contributed by atoms with Crippen molar-refractivity contribution in [3.8, 4) is 0 Å². The fraction of sp³-hybridized carbons (Fsp3) is 0.900. The van der Waals surface area contributed by atoms with E-state index in [-0.39, 0.29) is 18.4 Å². The highest BCUT2D eigenvalue weighted by atomic mass is 35.5. The number of likely N-dealkylation sites (tertiary alicyclic amines) is 1. The number of ether oxygens (including phenoxy) is 1. The third-order valence-electron chi connectivity index (χ3n) is 2.77. The van der Waals surface area contributed by atoms with Gasteiger partial charge in [-0.15, -0.1) is 12.4 Å². The molecule has 1 unspecified atom stereocenters. The van der Waals surface area contributed by atoms with Crippen molar-refractivity contribution in [1.82, 2.24) is 10.2 Å². The number of halogens is 1. The minimum atomic E-state index is -0.111. The van der Waals surface area contributed by atoms with Gasteiger partial charge in [0.2, 0.25) is 0 Å². The Labute approximate surface area is 97.8 Å². The minimum Gasteiger partial charge on any atom is -0.469 e. The zero-order valence-electron chi connectivity index (χ0n) is 9.49. The van der Waals surface area contributed by atoms with Gasteiger partial charge in [0.1, 0.15) is 0 Å². The van der Waals surface area contributed by atoms with Crippen molar-refractivity contribution in [2.45, 2.75) is 25.3 Å². The molecule has 4 nitrogen and oxygen atoms in total. The first-order chi connectivity index (χ1) is 6.77. The molecule has 0 amide bonds. The molecule has 1 atom stereocenters. The number of rotatable bonds is 5. The Bertz CT molecular complexity index is 190. The Balaban J connectivity index is 0.00000196. The summed E-state index contributed by atoms with van der Waals surface area (Å²) in [6, 6.07) is 0.602. The number of carbonyl (C=O) groups is 1. The van der Waals surface area contributed by atoms with Crippen molar-refractivity contribution in [3.63, 3.8) is 0 Å². The molecule has 0 aromatic carbocycles. The summed E-state index contributed by atoms with van der Waals surface area (Å²) in [5.41, 5.74) is 0. The number of carbonyl (C=O) groups excluding carboxylic acids is 1. The van der Waals surface area contributed by atoms with Crippen molar-refractivity contribution in [2.75, 3.05) is 33.8 Å². The lowest BCUT2D eigenvalue weighted by Crippen LogP contribution is -2.37. The fourth-order valence-electron chi connectivity index (χ4n) is 1.99. The Morgan fingerprint density at radius 1 is 1.60 bits per heavy atom. The smallest absolute Gasteiger partial charge is 0.306 e. The number of esters is 1. The SMILES string of the molecule is CNCC1CCCN1CCC(=O)OC.Cl. The largest absolute Gasteiger partial charge is 0.469 e. The highest BCUT2D eigenvalue weighted by molar-refractivity contribution is 5.85. The van der Waals surface area contributed by atoms with Crippen molar-refractivity contribution in [1.29, 1.82) is 0 Å². The van der Waals surface area contributed by atoms with E-state index in [1.54, 1.807) is 0 Å². The van der Waals surface area contributed by atoms with E-state index in [0.717, 1.165) is 19.6 Å². The van der Waals surface area contributed by atoms with Gasteiger partial charge in [-0.1, -0.05) is 0 Å². The zero-order valence-corrected chi connectivity index (χ0v) is 10.3. The molecule has 15 heavy (non-hydrogen) atoms. The molecule has 90 valence electrons. The van der Waals surface area contributed by atoms with E-state index >= 15 is 0 Å². The predicted molar refractivity (Wildman–Crippen MR) is 62.4 cm³/mol. The minimum absolute atomic E-state index is 0. The van der Waals surface area contributed by atoms with Crippen LogP contribution in [0.1, 0.15) is 19.3 Å². The van der Waals surface area contributed by atoms with Crippen LogP contribution in [-0.2, 0) is 9.53 Å². The maximum absolute atomic E-state index is 11.0. The molecule has 0 aromatic heterocycles. The van der Waals surface area contributed by atoms with Crippen LogP contribution in [0.2, 0.25) is 0 Å². The molecule has 0 saturated carbocycles. The molecule has 1 N–H and O–H groups in total. The lowest BCUT2D eigenvalue weighted by molar-refractivity contribution is -0.141. The van der Waals surface area contributed by atoms with Crippen LogP contribution in [-0.4, -0.2) is 50.7 Å². The van der Waals surface area contributed by atoms with Crippen LogP contribution >= 0.6 is 12.4 Å². The van der Waals surface area contributed by atoms with Crippen LogP contribution < -0.4 is 5.32 Å². The molecular weight excluding hydrogens is 216 g/mol. The zero-order chi connectivity index (χ0) is 10.4. The summed E-state index contributed by atoms with van der Waals surface area (Å²) >= 11 is 0. The van der Waals surface area contributed by atoms with Gasteiger partial charge in [-0.3, -0.25) is 9.69 Å². The number of hydrogen-bond donors (Lipinski definition) is 1. The van der Waals surface area contributed by atoms with Gasteiger partial charge in [0.25, 0.3) is 0 Å². The van der Waals surface area contributed by atoms with Crippen LogP contribution in [0.5, 0.6) is 0 Å². The molecular formula is C10H21ClN2O2. The van der Waals surface area contributed by atoms with Gasteiger partial charge in [-0.25, -0.2) is 0 Å². The highest BCUT2D eigenvalue weighted by Crippen LogP contribution is 2.16. The maximum atomic E-state index is 11.0. The van der Waals surface area contributed by atoms with E-state index < -0.39 is 0 Å². The summed E-state index contributed by atoms with van der Waals surface area (Å²) in [6.45, 7) is 2.96. The van der Waals surface area contributed by atoms with E-state index in [2.05, 4.69) is 15.0 Å². The van der Waals surface area contributed by atoms with E-state index in [0.29, 0.717) is 12.5 Å². The molecule has 1 fully saturated rings. The topological polar surface area (TPSA) is 41.6 Å². The number of likely N-dealkylation sites (N-methyl/N-ethyl adjacent to an activating group) is 1. The number of nitrogens with one attached hydrogen (secondary N) is 1. The second-order valence-electron chi connectivity index (χ2n) is 3.72. The summed E-state index contributed by atoms with van der Waals surface area (Å²) in [4.78, 5) is 13.3. The third kappa shape index (κ3) is 4.82. The van der Waals surface area contributed by atoms with Gasteiger partial charge in [0.15, 0.2) is 0 Å². The number of methoxy groups -OCH3 is 1. The molecule has 1 heterocycles. The summed E-state index contributed by atoms with van der Waals surface area (Å²) in [6.07, 6.45) is 2.99. The van der Waals surface area contributed by atoms with Crippen LogP contribution in [0.15, 0.2) is 0 Å². The van der Waals surface area contributed by atoms with Gasteiger partial charge in [-0.2, -0.15) is 0 Å². The van der Waals surface area contributed by atoms with Gasteiger partial charge in [-0.05, 0) is 26.4 Å². The van der Waals surface area contributed by atoms with Gasteiger partial charge in [0.05, 0.1) is 13.5 Å². The Morgan fingerprint density at radius 2 is 2.33 bits per heavy atom. The number of nitrogens with zero attached hydrogens (tertiary/aromatic N) is 1. The second-order valence-corrected chi connectivity index (χ2v) is 3.72. The van der Waals surface area contributed by atoms with E-state index in [1.807, 2.05) is 7.05 Å². The molecule has 1 rings (SSSR count). The molecule has 0 aromatic rings. The van der Waals surface area contributed by atoms with Gasteiger partial charge < -0.3 is 10.1 Å². The Kier molecular flexibility index (Phi) is 7.74. The molecule has 1 aliphatic rings.